The lowest BCUT2D eigenvalue weighted by atomic mass is 9.80. The van der Waals surface area contributed by atoms with Gasteiger partial charge >= 0.3 is 0 Å². The van der Waals surface area contributed by atoms with Gasteiger partial charge in [0, 0.05) is 24.1 Å². The van der Waals surface area contributed by atoms with Gasteiger partial charge in [-0.1, -0.05) is 96.5 Å². The zero-order chi connectivity index (χ0) is 30.4. The molecule has 4 aromatic rings. The van der Waals surface area contributed by atoms with Crippen LogP contribution in [0.1, 0.15) is 61.6 Å². The normalized spacial score (nSPS) is 12.3. The number of rotatable bonds is 7. The Balaban J connectivity index is 1.52. The highest BCUT2D eigenvalue weighted by atomic mass is 32.2. The van der Waals surface area contributed by atoms with Crippen LogP contribution >= 0.6 is 0 Å². The maximum Gasteiger partial charge on any atom is 0.269 e. The molecule has 0 aromatic heterocycles. The lowest BCUT2D eigenvalue weighted by Crippen LogP contribution is -2.19. The maximum absolute atomic E-state index is 13.5. The van der Waals surface area contributed by atoms with Crippen LogP contribution in [0.25, 0.3) is 0 Å². The van der Waals surface area contributed by atoms with Crippen LogP contribution in [0.15, 0.2) is 114 Å². The van der Waals surface area contributed by atoms with E-state index in [4.69, 9.17) is 0 Å². The summed E-state index contributed by atoms with van der Waals surface area (Å²) in [4.78, 5) is 10.9. The molecule has 0 saturated heterocycles. The molecule has 0 aliphatic carbocycles. The number of nitro benzene ring substituents is 1. The molecule has 6 heteroatoms. The second kappa shape index (κ2) is 12.5. The van der Waals surface area contributed by atoms with E-state index in [2.05, 4.69) is 23.7 Å². The van der Waals surface area contributed by atoms with Gasteiger partial charge in [-0.25, -0.2) is 8.42 Å². The third kappa shape index (κ3) is 7.16. The van der Waals surface area contributed by atoms with Crippen LogP contribution in [0, 0.1) is 33.8 Å². The fourth-order valence-electron chi connectivity index (χ4n) is 4.52. The van der Waals surface area contributed by atoms with Crippen LogP contribution in [0.2, 0.25) is 0 Å². The third-order valence-electron chi connectivity index (χ3n) is 7.23. The Kier molecular flexibility index (Phi) is 9.00. The number of sulfone groups is 1. The predicted octanol–water partition coefficient (Wildman–Crippen LogP) is 7.81. The van der Waals surface area contributed by atoms with Crippen LogP contribution in [-0.2, 0) is 20.7 Å². The quantitative estimate of drug-likeness (QED) is 0.128. The molecule has 4 aromatic carbocycles. The highest BCUT2D eigenvalue weighted by Gasteiger charge is 2.28. The van der Waals surface area contributed by atoms with Crippen molar-refractivity contribution >= 4 is 15.5 Å². The number of nitrogens with zero attached hydrogens (tertiary/aromatic N) is 1. The summed E-state index contributed by atoms with van der Waals surface area (Å²) in [6.07, 6.45) is 0.164. The van der Waals surface area contributed by atoms with Crippen molar-refractivity contribution in [2.75, 3.05) is 0 Å². The molecule has 0 aliphatic heterocycles. The van der Waals surface area contributed by atoms with Gasteiger partial charge in [0.15, 0.2) is 9.84 Å². The van der Waals surface area contributed by atoms with E-state index in [-0.39, 0.29) is 17.0 Å². The van der Waals surface area contributed by atoms with Crippen LogP contribution in [-0.4, -0.2) is 13.3 Å². The molecule has 5 nitrogen and oxygen atoms in total. The van der Waals surface area contributed by atoms with Crippen molar-refractivity contribution in [3.8, 4) is 23.7 Å². The zero-order valence-electron chi connectivity index (χ0n) is 24.2. The molecule has 42 heavy (non-hydrogen) atoms. The molecular formula is C36H33NO4S. The molecule has 212 valence electrons. The maximum atomic E-state index is 13.5. The average Bonchev–Trinajstić information content (AvgIpc) is 2.99. The Labute approximate surface area is 248 Å². The fraction of sp³-hybridized carbons (Fsp3) is 0.222. The summed E-state index contributed by atoms with van der Waals surface area (Å²) in [6.45, 7) is 8.09. The number of non-ortho nitro benzene ring substituents is 1. The van der Waals surface area contributed by atoms with Gasteiger partial charge in [0.05, 0.1) is 20.6 Å². The van der Waals surface area contributed by atoms with Crippen molar-refractivity contribution in [1.82, 2.24) is 0 Å². The van der Waals surface area contributed by atoms with Crippen LogP contribution in [0.4, 0.5) is 5.69 Å². The first-order chi connectivity index (χ1) is 19.9. The van der Waals surface area contributed by atoms with Crippen LogP contribution in [0.5, 0.6) is 0 Å². The van der Waals surface area contributed by atoms with Gasteiger partial charge in [0.1, 0.15) is 5.25 Å². The smallest absolute Gasteiger partial charge is 0.258 e. The van der Waals surface area contributed by atoms with Crippen molar-refractivity contribution in [3.05, 3.63) is 142 Å². The van der Waals surface area contributed by atoms with Crippen molar-refractivity contribution in [1.29, 1.82) is 0 Å². The molecule has 0 aliphatic rings. The highest BCUT2D eigenvalue weighted by Crippen LogP contribution is 2.32. The van der Waals surface area contributed by atoms with Gasteiger partial charge in [0.25, 0.3) is 5.69 Å². The van der Waals surface area contributed by atoms with E-state index in [9.17, 15) is 18.5 Å². The van der Waals surface area contributed by atoms with Crippen LogP contribution < -0.4 is 0 Å². The van der Waals surface area contributed by atoms with Crippen molar-refractivity contribution in [2.45, 2.75) is 55.1 Å². The van der Waals surface area contributed by atoms with Crippen molar-refractivity contribution < 1.29 is 13.3 Å². The summed E-state index contributed by atoms with van der Waals surface area (Å²) in [5.74, 6) is 13.0. The van der Waals surface area contributed by atoms with Crippen LogP contribution in [0.3, 0.4) is 0 Å². The van der Waals surface area contributed by atoms with Gasteiger partial charge in [-0.05, 0) is 68.7 Å². The summed E-state index contributed by atoms with van der Waals surface area (Å²) in [5, 5.41) is 10.2. The van der Waals surface area contributed by atoms with E-state index in [1.54, 1.807) is 42.5 Å². The third-order valence-corrected chi connectivity index (χ3v) is 9.35. The molecule has 1 atom stereocenters. The number of hydrogen-bond donors (Lipinski definition) is 0. The monoisotopic (exact) mass is 575 g/mol. The Bertz CT molecular complexity index is 1770. The first-order valence-corrected chi connectivity index (χ1v) is 15.2. The Hall–Kier alpha value is -4.65. The molecule has 0 bridgehead atoms. The fourth-order valence-corrected chi connectivity index (χ4v) is 6.20. The summed E-state index contributed by atoms with van der Waals surface area (Å²) >= 11 is 0. The van der Waals surface area contributed by atoms with Gasteiger partial charge in [-0.3, -0.25) is 10.1 Å². The van der Waals surface area contributed by atoms with E-state index >= 15 is 0 Å². The zero-order valence-corrected chi connectivity index (χ0v) is 25.0. The van der Waals surface area contributed by atoms with Crippen molar-refractivity contribution in [2.24, 2.45) is 0 Å². The van der Waals surface area contributed by atoms with E-state index in [1.807, 2.05) is 82.3 Å². The topological polar surface area (TPSA) is 77.3 Å². The van der Waals surface area contributed by atoms with E-state index in [0.717, 1.165) is 16.7 Å². The molecule has 0 radical (unpaired) electrons. The minimum Gasteiger partial charge on any atom is -0.258 e. The predicted molar refractivity (Wildman–Crippen MR) is 168 cm³/mol. The van der Waals surface area contributed by atoms with Gasteiger partial charge in [0.2, 0.25) is 0 Å². The lowest BCUT2D eigenvalue weighted by molar-refractivity contribution is -0.384. The summed E-state index contributed by atoms with van der Waals surface area (Å²) in [5.41, 5.74) is 2.54. The van der Waals surface area contributed by atoms with Gasteiger partial charge in [-0.2, -0.15) is 0 Å². The molecule has 0 spiro atoms. The Morgan fingerprint density at radius 3 is 1.69 bits per heavy atom. The van der Waals surface area contributed by atoms with E-state index in [1.165, 1.54) is 12.1 Å². The SMILES string of the molecule is CC(C)(C#CC(C)(C)c1ccc([N+](=O)[O-])cc1)c1ccc(C#CCC(c2ccccc2)S(=O)(=O)c2ccccc2)cc1. The lowest BCUT2D eigenvalue weighted by Gasteiger charge is -2.22. The van der Waals surface area contributed by atoms with Crippen molar-refractivity contribution in [3.63, 3.8) is 0 Å². The molecule has 0 saturated carbocycles. The minimum absolute atomic E-state index is 0.0550. The highest BCUT2D eigenvalue weighted by molar-refractivity contribution is 7.91. The number of nitro groups is 1. The molecule has 4 rings (SSSR count). The standard InChI is InChI=1S/C36H33NO4S/c1-35(2,26-27-36(3,4)31-22-24-32(25-23-31)37(38)39)30-20-18-28(19-21-30)12-11-17-34(29-13-7-5-8-14-29)42(40,41)33-15-9-6-10-16-33/h5-10,13-16,18-25,34H,17H2,1-4H3. The second-order valence-electron chi connectivity index (χ2n) is 11.1. The first kappa shape index (κ1) is 30.3. The largest absolute Gasteiger partial charge is 0.269 e. The number of hydrogen-bond acceptors (Lipinski definition) is 4. The summed E-state index contributed by atoms with van der Waals surface area (Å²) in [7, 11) is -3.63. The molecular weight excluding hydrogens is 542 g/mol. The molecule has 0 fully saturated rings. The van der Waals surface area contributed by atoms with Gasteiger partial charge in [-0.15, -0.1) is 0 Å². The summed E-state index contributed by atoms with van der Waals surface area (Å²) < 4.78 is 27.0. The number of benzene rings is 4. The van der Waals surface area contributed by atoms with E-state index in [0.29, 0.717) is 5.56 Å². The molecule has 0 heterocycles. The Morgan fingerprint density at radius 2 is 1.19 bits per heavy atom. The van der Waals surface area contributed by atoms with E-state index < -0.39 is 30.8 Å². The minimum atomic E-state index is -3.63. The molecule has 0 amide bonds. The molecule has 1 unspecified atom stereocenters. The van der Waals surface area contributed by atoms with Gasteiger partial charge < -0.3 is 0 Å². The Morgan fingerprint density at radius 1 is 0.714 bits per heavy atom. The summed E-state index contributed by atoms with van der Waals surface area (Å²) in [6, 6.07) is 32.0. The average molecular weight is 576 g/mol. The second-order valence-corrected chi connectivity index (χ2v) is 13.3. The first-order valence-electron chi connectivity index (χ1n) is 13.6. The molecule has 0 N–H and O–H groups in total.